The van der Waals surface area contributed by atoms with E-state index in [0.717, 1.165) is 61.0 Å². The summed E-state index contributed by atoms with van der Waals surface area (Å²) in [5, 5.41) is 14.4. The second-order valence-corrected chi connectivity index (χ2v) is 9.53. The number of nitrogens with one attached hydrogen (secondary N) is 1. The van der Waals surface area contributed by atoms with Crippen LogP contribution >= 0.6 is 11.3 Å². The molecule has 0 aromatic carbocycles. The van der Waals surface area contributed by atoms with Crippen molar-refractivity contribution < 1.29 is 13.3 Å². The maximum Gasteiger partial charge on any atom is 0.304 e. The first-order chi connectivity index (χ1) is 12.3. The SMILES string of the molecule is CS(=O)(=O)c1cc([N+](=O)[O-])c(NCc2ccnc(N3CCCCC3)c2)s1. The molecule has 140 valence electrons. The molecule has 1 aliphatic heterocycles. The molecule has 8 nitrogen and oxygen atoms in total. The van der Waals surface area contributed by atoms with Crippen molar-refractivity contribution in [2.45, 2.75) is 30.0 Å². The molecule has 0 aliphatic carbocycles. The lowest BCUT2D eigenvalue weighted by Crippen LogP contribution is -2.30. The molecule has 0 bridgehead atoms. The predicted octanol–water partition coefficient (Wildman–Crippen LogP) is 3.06. The Morgan fingerprint density at radius 2 is 2.04 bits per heavy atom. The summed E-state index contributed by atoms with van der Waals surface area (Å²) < 4.78 is 23.3. The monoisotopic (exact) mass is 396 g/mol. The number of anilines is 2. The highest BCUT2D eigenvalue weighted by molar-refractivity contribution is 7.92. The molecule has 1 fully saturated rings. The predicted molar refractivity (Wildman–Crippen MR) is 102 cm³/mol. The normalized spacial score (nSPS) is 15.0. The topological polar surface area (TPSA) is 105 Å². The zero-order valence-electron chi connectivity index (χ0n) is 14.3. The molecule has 10 heteroatoms. The maximum atomic E-state index is 11.7. The summed E-state index contributed by atoms with van der Waals surface area (Å²) in [6, 6.07) is 4.92. The summed E-state index contributed by atoms with van der Waals surface area (Å²) in [6.07, 6.45) is 6.31. The van der Waals surface area contributed by atoms with Gasteiger partial charge in [0.15, 0.2) is 14.8 Å². The number of aromatic nitrogens is 1. The highest BCUT2D eigenvalue weighted by atomic mass is 32.2. The second kappa shape index (κ2) is 7.58. The minimum Gasteiger partial charge on any atom is -0.367 e. The number of pyridine rings is 1. The fraction of sp³-hybridized carbons (Fsp3) is 0.438. The quantitative estimate of drug-likeness (QED) is 0.591. The minimum absolute atomic E-state index is 0.0181. The maximum absolute atomic E-state index is 11.7. The molecule has 0 spiro atoms. The smallest absolute Gasteiger partial charge is 0.304 e. The van der Waals surface area contributed by atoms with E-state index in [0.29, 0.717) is 6.54 Å². The average Bonchev–Trinajstić information content (AvgIpc) is 3.06. The lowest BCUT2D eigenvalue weighted by Gasteiger charge is -2.27. The Morgan fingerprint density at radius 1 is 1.31 bits per heavy atom. The molecule has 0 amide bonds. The fourth-order valence-electron chi connectivity index (χ4n) is 2.85. The first kappa shape index (κ1) is 18.6. The van der Waals surface area contributed by atoms with Crippen molar-refractivity contribution >= 4 is 37.7 Å². The van der Waals surface area contributed by atoms with E-state index in [1.54, 1.807) is 6.20 Å². The van der Waals surface area contributed by atoms with Gasteiger partial charge >= 0.3 is 5.69 Å². The molecular weight excluding hydrogens is 376 g/mol. The molecular formula is C16H20N4O4S2. The lowest BCUT2D eigenvalue weighted by molar-refractivity contribution is -0.383. The van der Waals surface area contributed by atoms with Crippen LogP contribution < -0.4 is 10.2 Å². The summed E-state index contributed by atoms with van der Waals surface area (Å²) in [7, 11) is -3.48. The van der Waals surface area contributed by atoms with Crippen LogP contribution in [0, 0.1) is 10.1 Å². The van der Waals surface area contributed by atoms with Crippen molar-refractivity contribution in [3.63, 3.8) is 0 Å². The van der Waals surface area contributed by atoms with Crippen molar-refractivity contribution in [2.75, 3.05) is 29.6 Å². The van der Waals surface area contributed by atoms with E-state index in [1.165, 1.54) is 6.42 Å². The number of nitro groups is 1. The summed E-state index contributed by atoms with van der Waals surface area (Å²) in [4.78, 5) is 17.3. The average molecular weight is 396 g/mol. The standard InChI is InChI=1S/C16H20N4O4S2/c1-26(23,24)15-10-13(20(21)22)16(25-15)18-11-12-5-6-17-14(9-12)19-7-3-2-4-8-19/h5-6,9-10,18H,2-4,7-8,11H2,1H3. The molecule has 1 aliphatic rings. The summed E-state index contributed by atoms with van der Waals surface area (Å²) in [6.45, 7) is 2.32. The van der Waals surface area contributed by atoms with Crippen LogP contribution in [-0.2, 0) is 16.4 Å². The number of rotatable bonds is 6. The minimum atomic E-state index is -3.48. The molecule has 0 radical (unpaired) electrons. The van der Waals surface area contributed by atoms with E-state index < -0.39 is 14.8 Å². The van der Waals surface area contributed by atoms with Crippen molar-refractivity contribution in [1.82, 2.24) is 4.98 Å². The van der Waals surface area contributed by atoms with Gasteiger partial charge in [0.2, 0.25) is 0 Å². The Morgan fingerprint density at radius 3 is 2.69 bits per heavy atom. The first-order valence-corrected chi connectivity index (χ1v) is 11.0. The Labute approximate surface area is 155 Å². The lowest BCUT2D eigenvalue weighted by atomic mass is 10.1. The summed E-state index contributed by atoms with van der Waals surface area (Å²) in [5.41, 5.74) is 0.713. The van der Waals surface area contributed by atoms with E-state index in [4.69, 9.17) is 0 Å². The number of hydrogen-bond donors (Lipinski definition) is 1. The van der Waals surface area contributed by atoms with Crippen LogP contribution in [0.2, 0.25) is 0 Å². The van der Waals surface area contributed by atoms with Crippen molar-refractivity contribution in [1.29, 1.82) is 0 Å². The third-order valence-electron chi connectivity index (χ3n) is 4.20. The van der Waals surface area contributed by atoms with Gasteiger partial charge in [-0.3, -0.25) is 10.1 Å². The van der Waals surface area contributed by atoms with Crippen LogP contribution in [0.3, 0.4) is 0 Å². The molecule has 1 N–H and O–H groups in total. The molecule has 0 unspecified atom stereocenters. The Bertz CT molecular complexity index is 905. The van der Waals surface area contributed by atoms with Crippen LogP contribution in [0.4, 0.5) is 16.5 Å². The van der Waals surface area contributed by atoms with Crippen LogP contribution in [0.5, 0.6) is 0 Å². The Balaban J connectivity index is 1.76. The number of nitrogens with zero attached hydrogens (tertiary/aromatic N) is 3. The third-order valence-corrected chi connectivity index (χ3v) is 7.08. The summed E-state index contributed by atoms with van der Waals surface area (Å²) in [5.74, 6) is 0.904. The van der Waals surface area contributed by atoms with Gasteiger partial charge in [0.1, 0.15) is 10.0 Å². The van der Waals surface area contributed by atoms with E-state index in [-0.39, 0.29) is 14.9 Å². The number of hydrogen-bond acceptors (Lipinski definition) is 8. The molecule has 2 aromatic heterocycles. The number of piperidine rings is 1. The van der Waals surface area contributed by atoms with Crippen LogP contribution in [-0.4, -0.2) is 37.7 Å². The number of thiophene rings is 1. The van der Waals surface area contributed by atoms with Gasteiger partial charge in [-0.15, -0.1) is 0 Å². The van der Waals surface area contributed by atoms with Gasteiger partial charge in [-0.2, -0.15) is 0 Å². The molecule has 2 aromatic rings. The van der Waals surface area contributed by atoms with Gasteiger partial charge < -0.3 is 10.2 Å². The van der Waals surface area contributed by atoms with Gasteiger partial charge in [-0.25, -0.2) is 13.4 Å². The zero-order chi connectivity index (χ0) is 18.7. The highest BCUT2D eigenvalue weighted by Crippen LogP contribution is 2.37. The largest absolute Gasteiger partial charge is 0.367 e. The molecule has 3 rings (SSSR count). The second-order valence-electron chi connectivity index (χ2n) is 6.23. The summed E-state index contributed by atoms with van der Waals surface area (Å²) >= 11 is 0.880. The fourth-order valence-corrected chi connectivity index (χ4v) is 4.79. The zero-order valence-corrected chi connectivity index (χ0v) is 16.0. The van der Waals surface area contributed by atoms with Gasteiger partial charge in [0.05, 0.1) is 4.92 Å². The molecule has 0 saturated carbocycles. The first-order valence-electron chi connectivity index (χ1n) is 8.26. The van der Waals surface area contributed by atoms with Gasteiger partial charge in [0.25, 0.3) is 0 Å². The van der Waals surface area contributed by atoms with E-state index in [1.807, 2.05) is 12.1 Å². The van der Waals surface area contributed by atoms with Gasteiger partial charge in [-0.05, 0) is 37.0 Å². The van der Waals surface area contributed by atoms with Gasteiger partial charge in [-0.1, -0.05) is 11.3 Å². The van der Waals surface area contributed by atoms with Crippen LogP contribution in [0.15, 0.2) is 28.6 Å². The molecule has 0 atom stereocenters. The van der Waals surface area contributed by atoms with Crippen LogP contribution in [0.25, 0.3) is 0 Å². The van der Waals surface area contributed by atoms with Crippen LogP contribution in [0.1, 0.15) is 24.8 Å². The van der Waals surface area contributed by atoms with Crippen molar-refractivity contribution in [2.24, 2.45) is 0 Å². The highest BCUT2D eigenvalue weighted by Gasteiger charge is 2.23. The Kier molecular flexibility index (Phi) is 5.42. The molecule has 26 heavy (non-hydrogen) atoms. The number of sulfone groups is 1. The van der Waals surface area contributed by atoms with E-state index >= 15 is 0 Å². The Hall–Kier alpha value is -2.20. The van der Waals surface area contributed by atoms with E-state index in [2.05, 4.69) is 15.2 Å². The van der Waals surface area contributed by atoms with Gasteiger partial charge in [0, 0.05) is 38.2 Å². The van der Waals surface area contributed by atoms with E-state index in [9.17, 15) is 18.5 Å². The third kappa shape index (κ3) is 4.31. The molecule has 1 saturated heterocycles. The van der Waals surface area contributed by atoms with Crippen molar-refractivity contribution in [3.8, 4) is 0 Å². The van der Waals surface area contributed by atoms with Crippen molar-refractivity contribution in [3.05, 3.63) is 40.1 Å². The molecule has 3 heterocycles.